The van der Waals surface area contributed by atoms with Crippen LogP contribution in [-0.2, 0) is 11.2 Å². The van der Waals surface area contributed by atoms with Gasteiger partial charge in [-0.15, -0.1) is 0 Å². The highest BCUT2D eigenvalue weighted by Crippen LogP contribution is 2.13. The Balaban J connectivity index is 2.12. The molecule has 0 heterocycles. The number of hydrogen-bond donors (Lipinski definition) is 2. The first kappa shape index (κ1) is 22.9. The Kier molecular flexibility index (Phi) is 11.8. The average Bonchev–Trinajstić information content (AvgIpc) is 2.67. The van der Waals surface area contributed by atoms with Crippen LogP contribution in [0, 0.1) is 10.1 Å². The summed E-state index contributed by atoms with van der Waals surface area (Å²) in [4.78, 5) is 16.8. The first-order valence-corrected chi connectivity index (χ1v) is 9.42. The third-order valence-corrected chi connectivity index (χ3v) is 4.23. The molecule has 0 aliphatic rings. The van der Waals surface area contributed by atoms with Gasteiger partial charge in [0.15, 0.2) is 5.96 Å². The van der Waals surface area contributed by atoms with Gasteiger partial charge in [0.05, 0.1) is 4.92 Å². The summed E-state index contributed by atoms with van der Waals surface area (Å²) in [5.41, 5.74) is 1.26. The summed E-state index contributed by atoms with van der Waals surface area (Å²) < 4.78 is 5.06. The summed E-state index contributed by atoms with van der Waals surface area (Å²) in [6.07, 6.45) is 3.98. The van der Waals surface area contributed by atoms with Crippen molar-refractivity contribution in [2.24, 2.45) is 4.99 Å². The molecule has 0 aliphatic heterocycles. The lowest BCUT2D eigenvalue weighted by atomic mass is 10.1. The van der Waals surface area contributed by atoms with E-state index in [1.165, 1.54) is 0 Å². The molecule has 0 aliphatic carbocycles. The topological polar surface area (TPSA) is 92.0 Å². The quantitative estimate of drug-likeness (QED) is 0.179. The van der Waals surface area contributed by atoms with Gasteiger partial charge in [-0.1, -0.05) is 12.1 Å². The number of methoxy groups -OCH3 is 1. The van der Waals surface area contributed by atoms with Crippen molar-refractivity contribution in [3.63, 3.8) is 0 Å². The minimum atomic E-state index is -0.371. The smallest absolute Gasteiger partial charge is 0.269 e. The number of aliphatic imine (C=N–C) groups is 1. The number of unbranched alkanes of at least 4 members (excludes halogenated alkanes) is 1. The van der Waals surface area contributed by atoms with Crippen LogP contribution in [0.15, 0.2) is 29.3 Å². The minimum Gasteiger partial charge on any atom is -0.385 e. The van der Waals surface area contributed by atoms with Gasteiger partial charge in [0.1, 0.15) is 0 Å². The molecule has 0 aromatic heterocycles. The third-order valence-electron chi connectivity index (χ3n) is 4.23. The first-order valence-electron chi connectivity index (χ1n) is 9.42. The van der Waals surface area contributed by atoms with Gasteiger partial charge in [0.25, 0.3) is 5.69 Å². The standard InChI is InChI=1S/C19H33N5O3/c1-20-19(22-13-15-23(2)14-6-16-27-3)21-12-5-4-7-17-8-10-18(11-9-17)24(25)26/h8-11H,4-7,12-16H2,1-3H3,(H2,20,21,22). The second-order valence-corrected chi connectivity index (χ2v) is 6.46. The van der Waals surface area contributed by atoms with Crippen LogP contribution in [0.25, 0.3) is 0 Å². The summed E-state index contributed by atoms with van der Waals surface area (Å²) >= 11 is 0. The molecule has 8 nitrogen and oxygen atoms in total. The molecule has 1 aromatic rings. The maximum Gasteiger partial charge on any atom is 0.269 e. The number of guanidine groups is 1. The highest BCUT2D eigenvalue weighted by atomic mass is 16.6. The van der Waals surface area contributed by atoms with Gasteiger partial charge in [0, 0.05) is 59.1 Å². The fourth-order valence-corrected chi connectivity index (χ4v) is 2.62. The molecule has 0 radical (unpaired) electrons. The van der Waals surface area contributed by atoms with Gasteiger partial charge in [-0.05, 0) is 38.3 Å². The van der Waals surface area contributed by atoms with Crippen LogP contribution in [0.5, 0.6) is 0 Å². The molecular weight excluding hydrogens is 346 g/mol. The van der Waals surface area contributed by atoms with Gasteiger partial charge < -0.3 is 20.3 Å². The van der Waals surface area contributed by atoms with Crippen LogP contribution < -0.4 is 10.6 Å². The van der Waals surface area contributed by atoms with Crippen molar-refractivity contribution in [3.05, 3.63) is 39.9 Å². The van der Waals surface area contributed by atoms with Crippen molar-refractivity contribution in [1.29, 1.82) is 0 Å². The molecule has 0 spiro atoms. The molecule has 1 aromatic carbocycles. The second kappa shape index (κ2) is 13.9. The number of likely N-dealkylation sites (N-methyl/N-ethyl adjacent to an activating group) is 1. The van der Waals surface area contributed by atoms with Gasteiger partial charge >= 0.3 is 0 Å². The Morgan fingerprint density at radius 2 is 1.85 bits per heavy atom. The number of non-ortho nitro benzene ring substituents is 1. The molecule has 0 fully saturated rings. The summed E-state index contributed by atoms with van der Waals surface area (Å²) in [5, 5.41) is 17.3. The molecule has 0 amide bonds. The lowest BCUT2D eigenvalue weighted by molar-refractivity contribution is -0.384. The fourth-order valence-electron chi connectivity index (χ4n) is 2.62. The highest BCUT2D eigenvalue weighted by molar-refractivity contribution is 5.79. The van der Waals surface area contributed by atoms with Crippen LogP contribution >= 0.6 is 0 Å². The van der Waals surface area contributed by atoms with E-state index in [0.717, 1.165) is 70.0 Å². The summed E-state index contributed by atoms with van der Waals surface area (Å²) in [6.45, 7) is 4.44. The van der Waals surface area contributed by atoms with E-state index in [1.54, 1.807) is 26.3 Å². The molecule has 0 atom stereocenters. The molecule has 1 rings (SSSR count). The van der Waals surface area contributed by atoms with Crippen molar-refractivity contribution < 1.29 is 9.66 Å². The zero-order valence-electron chi connectivity index (χ0n) is 16.7. The van der Waals surface area contributed by atoms with Gasteiger partial charge in [-0.25, -0.2) is 0 Å². The Morgan fingerprint density at radius 1 is 1.15 bits per heavy atom. The number of hydrogen-bond acceptors (Lipinski definition) is 5. The predicted molar refractivity (Wildman–Crippen MR) is 109 cm³/mol. The Morgan fingerprint density at radius 3 is 2.48 bits per heavy atom. The summed E-state index contributed by atoms with van der Waals surface area (Å²) in [6, 6.07) is 6.78. The molecule has 8 heteroatoms. The summed E-state index contributed by atoms with van der Waals surface area (Å²) in [5.74, 6) is 0.815. The first-order chi connectivity index (χ1) is 13.1. The molecule has 0 bridgehead atoms. The molecule has 0 saturated heterocycles. The Bertz CT molecular complexity index is 563. The van der Waals surface area contributed by atoms with Gasteiger partial charge in [-0.3, -0.25) is 15.1 Å². The number of nitro groups is 1. The Labute approximate surface area is 162 Å². The number of nitrogens with one attached hydrogen (secondary N) is 2. The van der Waals surface area contributed by atoms with Crippen molar-refractivity contribution in [1.82, 2.24) is 15.5 Å². The monoisotopic (exact) mass is 379 g/mol. The van der Waals surface area contributed by atoms with E-state index in [9.17, 15) is 10.1 Å². The van der Waals surface area contributed by atoms with Crippen LogP contribution in [0.1, 0.15) is 24.8 Å². The molecule has 0 unspecified atom stereocenters. The van der Waals surface area contributed by atoms with Crippen molar-refractivity contribution in [3.8, 4) is 0 Å². The Hall–Kier alpha value is -2.19. The van der Waals surface area contributed by atoms with Gasteiger partial charge in [-0.2, -0.15) is 0 Å². The second-order valence-electron chi connectivity index (χ2n) is 6.46. The molecule has 2 N–H and O–H groups in total. The predicted octanol–water partition coefficient (Wildman–Crippen LogP) is 2.05. The number of nitro benzene ring substituents is 1. The van der Waals surface area contributed by atoms with E-state index < -0.39 is 0 Å². The maximum absolute atomic E-state index is 10.6. The normalized spacial score (nSPS) is 11.6. The largest absolute Gasteiger partial charge is 0.385 e. The number of ether oxygens (including phenoxy) is 1. The minimum absolute atomic E-state index is 0.139. The summed E-state index contributed by atoms with van der Waals surface area (Å²) in [7, 11) is 5.60. The zero-order valence-corrected chi connectivity index (χ0v) is 16.7. The van der Waals surface area contributed by atoms with Crippen molar-refractivity contribution in [2.45, 2.75) is 25.7 Å². The molecule has 152 valence electrons. The average molecular weight is 380 g/mol. The van der Waals surface area contributed by atoms with Crippen molar-refractivity contribution in [2.75, 3.05) is 54.0 Å². The SMILES string of the molecule is CN=C(NCCCCc1ccc([N+](=O)[O-])cc1)NCCN(C)CCCOC. The van der Waals surface area contributed by atoms with Crippen molar-refractivity contribution >= 4 is 11.6 Å². The lowest BCUT2D eigenvalue weighted by Crippen LogP contribution is -2.41. The van der Waals surface area contributed by atoms with E-state index in [0.29, 0.717) is 0 Å². The van der Waals surface area contributed by atoms with Crippen LogP contribution in [0.2, 0.25) is 0 Å². The number of nitrogens with zero attached hydrogens (tertiary/aromatic N) is 3. The number of rotatable bonds is 13. The highest BCUT2D eigenvalue weighted by Gasteiger charge is 2.04. The van der Waals surface area contributed by atoms with E-state index in [-0.39, 0.29) is 10.6 Å². The molecular formula is C19H33N5O3. The zero-order chi connectivity index (χ0) is 19.9. The van der Waals surface area contributed by atoms with Crippen LogP contribution in [0.3, 0.4) is 0 Å². The fraction of sp³-hybridized carbons (Fsp3) is 0.632. The van der Waals surface area contributed by atoms with E-state index in [2.05, 4.69) is 27.6 Å². The molecule has 27 heavy (non-hydrogen) atoms. The van der Waals surface area contributed by atoms with Gasteiger partial charge in [0.2, 0.25) is 0 Å². The van der Waals surface area contributed by atoms with E-state index in [1.807, 2.05) is 12.1 Å². The van der Waals surface area contributed by atoms with E-state index >= 15 is 0 Å². The molecule has 0 saturated carbocycles. The lowest BCUT2D eigenvalue weighted by Gasteiger charge is -2.18. The third kappa shape index (κ3) is 10.5. The van der Waals surface area contributed by atoms with Crippen LogP contribution in [0.4, 0.5) is 5.69 Å². The number of aryl methyl sites for hydroxylation is 1. The van der Waals surface area contributed by atoms with E-state index in [4.69, 9.17) is 4.74 Å². The maximum atomic E-state index is 10.6. The van der Waals surface area contributed by atoms with Crippen LogP contribution in [-0.4, -0.2) is 69.8 Å². The number of benzene rings is 1.